The third-order valence-electron chi connectivity index (χ3n) is 9.00. The SMILES string of the molecule is CC(=O)O.CC(=O)O.COc1ccc(S(=O)(=O)N2C(=O)C(OC(=O)N3CCN(C4CCN(C)CC4)CC3)(c3cccnc3OC)c3cc(Cl)ccc32)cc1. The number of carboxylic acid groups (broad SMARTS) is 2. The van der Waals surface area contributed by atoms with E-state index in [0.717, 1.165) is 39.8 Å². The van der Waals surface area contributed by atoms with Crippen LogP contribution in [0.2, 0.25) is 5.02 Å². The number of fused-ring (bicyclic) bond motifs is 1. The summed E-state index contributed by atoms with van der Waals surface area (Å²) in [5.41, 5.74) is -2.14. The third kappa shape index (κ3) is 9.21. The molecule has 18 heteroatoms. The molecule has 0 aliphatic carbocycles. The van der Waals surface area contributed by atoms with E-state index < -0.39 is 39.6 Å². The number of halogens is 1. The van der Waals surface area contributed by atoms with E-state index in [-0.39, 0.29) is 32.6 Å². The number of sulfonamides is 1. The van der Waals surface area contributed by atoms with Crippen LogP contribution in [0.4, 0.5) is 10.5 Å². The first-order valence-corrected chi connectivity index (χ1v) is 18.7. The van der Waals surface area contributed by atoms with Crippen molar-refractivity contribution in [2.45, 2.75) is 43.2 Å². The molecule has 2 amide bonds. The fourth-order valence-electron chi connectivity index (χ4n) is 6.49. The number of aromatic nitrogens is 1. The number of pyridine rings is 1. The number of amides is 2. The lowest BCUT2D eigenvalue weighted by Gasteiger charge is -2.42. The molecule has 1 unspecified atom stereocenters. The Bertz CT molecular complexity index is 1910. The van der Waals surface area contributed by atoms with Crippen molar-refractivity contribution < 1.29 is 52.0 Å². The molecule has 3 aliphatic heterocycles. The van der Waals surface area contributed by atoms with Gasteiger partial charge in [-0.25, -0.2) is 18.2 Å². The number of carbonyl (C=O) groups is 4. The minimum atomic E-state index is -4.51. The Morgan fingerprint density at radius 1 is 0.870 bits per heavy atom. The van der Waals surface area contributed by atoms with E-state index in [1.54, 1.807) is 11.0 Å². The zero-order chi connectivity index (χ0) is 39.8. The third-order valence-corrected chi connectivity index (χ3v) is 10.9. The van der Waals surface area contributed by atoms with Crippen LogP contribution in [0.15, 0.2) is 65.7 Å². The van der Waals surface area contributed by atoms with Crippen LogP contribution in [0, 0.1) is 0 Å². The monoisotopic (exact) mass is 789 g/mol. The maximum atomic E-state index is 14.8. The summed E-state index contributed by atoms with van der Waals surface area (Å²) in [6, 6.07) is 13.5. The van der Waals surface area contributed by atoms with Gasteiger partial charge in [-0.1, -0.05) is 11.6 Å². The van der Waals surface area contributed by atoms with Gasteiger partial charge in [0, 0.05) is 62.9 Å². The van der Waals surface area contributed by atoms with Crippen molar-refractivity contribution in [3.8, 4) is 11.6 Å². The highest BCUT2D eigenvalue weighted by Gasteiger charge is 2.61. The van der Waals surface area contributed by atoms with E-state index >= 15 is 0 Å². The summed E-state index contributed by atoms with van der Waals surface area (Å²) in [6.45, 7) is 6.30. The van der Waals surface area contributed by atoms with E-state index in [4.69, 9.17) is 45.6 Å². The molecular formula is C36H44ClN5O11S. The standard InChI is InChI=1S/C32H36ClN5O7S.2C2H4O2/c1-35-15-12-23(13-16-35)36-17-19-37(20-18-36)31(40)45-32(26-5-4-14-34-29(26)44-3)27-21-22(33)6-11-28(27)38(30(32)39)46(41,42)25-9-7-24(43-2)8-10-25;2*1-2(3)4/h4-11,14,21,23H,12-13,15-20H2,1-3H3;2*1H3,(H,3,4). The van der Waals surface area contributed by atoms with Gasteiger partial charge >= 0.3 is 6.09 Å². The summed E-state index contributed by atoms with van der Waals surface area (Å²) in [5, 5.41) is 15.0. The van der Waals surface area contributed by atoms with Gasteiger partial charge in [0.1, 0.15) is 5.75 Å². The summed E-state index contributed by atoms with van der Waals surface area (Å²) in [5.74, 6) is -2.26. The van der Waals surface area contributed by atoms with Gasteiger partial charge in [0.25, 0.3) is 33.5 Å². The fourth-order valence-corrected chi connectivity index (χ4v) is 8.12. The van der Waals surface area contributed by atoms with Gasteiger partial charge in [0.15, 0.2) is 0 Å². The highest BCUT2D eigenvalue weighted by Crippen LogP contribution is 2.52. The Morgan fingerprint density at radius 2 is 1.46 bits per heavy atom. The lowest BCUT2D eigenvalue weighted by Crippen LogP contribution is -2.55. The summed E-state index contributed by atoms with van der Waals surface area (Å²) in [4.78, 5) is 57.2. The van der Waals surface area contributed by atoms with E-state index in [1.807, 2.05) is 0 Å². The number of carboxylic acids is 2. The Labute approximate surface area is 318 Å². The number of benzene rings is 2. The predicted octanol–water partition coefficient (Wildman–Crippen LogP) is 3.76. The molecule has 16 nitrogen and oxygen atoms in total. The number of nitrogens with zero attached hydrogens (tertiary/aromatic N) is 5. The number of rotatable bonds is 7. The first-order valence-electron chi connectivity index (χ1n) is 16.9. The molecule has 3 aromatic rings. The van der Waals surface area contributed by atoms with Gasteiger partial charge in [-0.05, 0) is 87.6 Å². The van der Waals surface area contributed by atoms with E-state index in [0.29, 0.717) is 42.3 Å². The van der Waals surface area contributed by atoms with Gasteiger partial charge in [-0.2, -0.15) is 4.31 Å². The molecule has 1 atom stereocenters. The Morgan fingerprint density at radius 3 is 2.02 bits per heavy atom. The van der Waals surface area contributed by atoms with Gasteiger partial charge in [-0.3, -0.25) is 19.3 Å². The second kappa shape index (κ2) is 17.9. The van der Waals surface area contributed by atoms with Gasteiger partial charge in [-0.15, -0.1) is 0 Å². The number of hydrogen-bond donors (Lipinski definition) is 2. The number of piperazine rings is 1. The molecule has 4 heterocycles. The zero-order valence-electron chi connectivity index (χ0n) is 30.6. The average Bonchev–Trinajstić information content (AvgIpc) is 3.38. The molecule has 0 radical (unpaired) electrons. The van der Waals surface area contributed by atoms with Crippen molar-refractivity contribution >= 4 is 51.3 Å². The number of ether oxygens (including phenoxy) is 3. The van der Waals surface area contributed by atoms with E-state index in [1.165, 1.54) is 68.9 Å². The molecule has 2 saturated heterocycles. The van der Waals surface area contributed by atoms with E-state index in [9.17, 15) is 18.0 Å². The molecule has 3 aliphatic rings. The average molecular weight is 790 g/mol. The number of likely N-dealkylation sites (tertiary alicyclic amines) is 1. The van der Waals surface area contributed by atoms with Crippen LogP contribution in [0.5, 0.6) is 11.6 Å². The molecule has 6 rings (SSSR count). The highest BCUT2D eigenvalue weighted by molar-refractivity contribution is 7.93. The normalized spacial score (nSPS) is 19.0. The second-order valence-electron chi connectivity index (χ2n) is 12.6. The van der Waals surface area contributed by atoms with Crippen LogP contribution in [0.25, 0.3) is 0 Å². The predicted molar refractivity (Wildman–Crippen MR) is 197 cm³/mol. The van der Waals surface area contributed by atoms with E-state index in [2.05, 4.69) is 21.8 Å². The largest absolute Gasteiger partial charge is 0.497 e. The number of carbonyl (C=O) groups excluding carboxylic acids is 2. The molecule has 0 saturated carbocycles. The maximum absolute atomic E-state index is 14.8. The van der Waals surface area contributed by atoms with Crippen molar-refractivity contribution in [2.24, 2.45) is 0 Å². The molecule has 2 N–H and O–H groups in total. The number of anilines is 1. The Hall–Kier alpha value is -4.97. The summed E-state index contributed by atoms with van der Waals surface area (Å²) < 4.78 is 46.0. The van der Waals surface area contributed by atoms with Crippen molar-refractivity contribution in [2.75, 3.05) is 64.8 Å². The van der Waals surface area contributed by atoms with Crippen LogP contribution < -0.4 is 13.8 Å². The van der Waals surface area contributed by atoms with Crippen LogP contribution in [-0.2, 0) is 34.7 Å². The van der Waals surface area contributed by atoms with Crippen LogP contribution in [0.3, 0.4) is 0 Å². The van der Waals surface area contributed by atoms with Gasteiger partial charge < -0.3 is 34.2 Å². The number of hydrogen-bond acceptors (Lipinski definition) is 12. The fraction of sp³-hybridized carbons (Fsp3) is 0.417. The lowest BCUT2D eigenvalue weighted by molar-refractivity contribution is -0.135. The minimum Gasteiger partial charge on any atom is -0.497 e. The van der Waals surface area contributed by atoms with Crippen LogP contribution in [-0.4, -0.2) is 129 Å². The Balaban J connectivity index is 0.000000740. The van der Waals surface area contributed by atoms with Crippen molar-refractivity contribution in [3.63, 3.8) is 0 Å². The topological polar surface area (TPSA) is 196 Å². The quantitative estimate of drug-likeness (QED) is 0.351. The molecular weight excluding hydrogens is 746 g/mol. The van der Waals surface area contributed by atoms with Crippen molar-refractivity contribution in [1.29, 1.82) is 0 Å². The van der Waals surface area contributed by atoms with Crippen molar-refractivity contribution in [3.05, 3.63) is 76.9 Å². The zero-order valence-corrected chi connectivity index (χ0v) is 32.2. The smallest absolute Gasteiger partial charge is 0.411 e. The first kappa shape index (κ1) is 41.8. The lowest BCUT2D eigenvalue weighted by atomic mass is 9.87. The van der Waals surface area contributed by atoms with Crippen LogP contribution >= 0.6 is 11.6 Å². The molecule has 2 fully saturated rings. The molecule has 2 aromatic carbocycles. The molecule has 54 heavy (non-hydrogen) atoms. The molecule has 292 valence electrons. The van der Waals surface area contributed by atoms with Crippen LogP contribution in [0.1, 0.15) is 37.8 Å². The molecule has 0 spiro atoms. The number of aliphatic carboxylic acids is 2. The maximum Gasteiger partial charge on any atom is 0.411 e. The highest BCUT2D eigenvalue weighted by atomic mass is 35.5. The summed E-state index contributed by atoms with van der Waals surface area (Å²) in [6.07, 6.45) is 2.83. The van der Waals surface area contributed by atoms with Crippen molar-refractivity contribution in [1.82, 2.24) is 19.7 Å². The number of methoxy groups -OCH3 is 2. The minimum absolute atomic E-state index is 0.00369. The summed E-state index contributed by atoms with van der Waals surface area (Å²) in [7, 11) is 0.441. The van der Waals surface area contributed by atoms with Gasteiger partial charge in [0.05, 0.1) is 30.4 Å². The molecule has 1 aromatic heterocycles. The Kier molecular flexibility index (Phi) is 13.9. The number of piperidine rings is 1. The van der Waals surface area contributed by atoms with Gasteiger partial charge in [0.2, 0.25) is 5.88 Å². The molecule has 0 bridgehead atoms. The second-order valence-corrected chi connectivity index (χ2v) is 14.8. The first-order chi connectivity index (χ1) is 25.6. The summed E-state index contributed by atoms with van der Waals surface area (Å²) >= 11 is 6.46.